The third-order valence-corrected chi connectivity index (χ3v) is 3.23. The number of hydrogen-bond acceptors (Lipinski definition) is 2. The lowest BCUT2D eigenvalue weighted by molar-refractivity contribution is 0.224. The summed E-state index contributed by atoms with van der Waals surface area (Å²) in [6.45, 7) is 7.19. The van der Waals surface area contributed by atoms with E-state index in [1.165, 1.54) is 16.5 Å². The molecule has 98 valence electrons. The van der Waals surface area contributed by atoms with Gasteiger partial charge >= 0.3 is 0 Å². The Balaban J connectivity index is 2.20. The second-order valence-corrected chi connectivity index (χ2v) is 4.93. The van der Waals surface area contributed by atoms with Gasteiger partial charge in [-0.2, -0.15) is 0 Å². The van der Waals surface area contributed by atoms with Gasteiger partial charge in [0.15, 0.2) is 0 Å². The molecule has 0 aliphatic heterocycles. The number of benzene rings is 1. The van der Waals surface area contributed by atoms with E-state index in [0.717, 1.165) is 19.6 Å². The highest BCUT2D eigenvalue weighted by atomic mass is 16.3. The highest BCUT2D eigenvalue weighted by molar-refractivity contribution is 5.80. The van der Waals surface area contributed by atoms with Crippen molar-refractivity contribution in [1.82, 2.24) is 9.88 Å². The molecule has 0 fully saturated rings. The van der Waals surface area contributed by atoms with Crippen molar-refractivity contribution in [2.45, 2.75) is 26.9 Å². The van der Waals surface area contributed by atoms with Crippen LogP contribution in [0.15, 0.2) is 30.5 Å². The molecule has 1 aromatic carbocycles. The highest BCUT2D eigenvalue weighted by Crippen LogP contribution is 2.19. The Morgan fingerprint density at radius 1 is 1.33 bits per heavy atom. The van der Waals surface area contributed by atoms with Gasteiger partial charge in [-0.25, -0.2) is 0 Å². The molecule has 0 saturated heterocycles. The van der Waals surface area contributed by atoms with Gasteiger partial charge in [-0.05, 0) is 41.6 Å². The Hall–Kier alpha value is -1.32. The van der Waals surface area contributed by atoms with Gasteiger partial charge < -0.3 is 15.0 Å². The normalized spacial score (nSPS) is 13.1. The standard InChI is InChI=1S/C15H22N2O/c1-3-16-9-13-4-5-15-14(8-13)6-7-17(15)10-12(2)11-18/h4-8,12,16,18H,3,9-11H2,1-2H3. The lowest BCUT2D eigenvalue weighted by Crippen LogP contribution is -2.12. The molecule has 2 N–H and O–H groups in total. The second-order valence-electron chi connectivity index (χ2n) is 4.93. The van der Waals surface area contributed by atoms with Crippen LogP contribution in [-0.2, 0) is 13.1 Å². The van der Waals surface area contributed by atoms with E-state index in [9.17, 15) is 0 Å². The summed E-state index contributed by atoms with van der Waals surface area (Å²) in [7, 11) is 0. The molecule has 0 aliphatic rings. The molecule has 0 spiro atoms. The Kier molecular flexibility index (Phi) is 4.39. The number of aromatic nitrogens is 1. The molecule has 1 aromatic heterocycles. The van der Waals surface area contributed by atoms with Crippen molar-refractivity contribution in [2.75, 3.05) is 13.2 Å². The van der Waals surface area contributed by atoms with Gasteiger partial charge in [-0.15, -0.1) is 0 Å². The monoisotopic (exact) mass is 246 g/mol. The maximum absolute atomic E-state index is 9.13. The van der Waals surface area contributed by atoms with Gasteiger partial charge in [-0.1, -0.05) is 19.9 Å². The molecule has 2 rings (SSSR count). The van der Waals surface area contributed by atoms with Gasteiger partial charge in [0.25, 0.3) is 0 Å². The van der Waals surface area contributed by atoms with Crippen LogP contribution in [0.3, 0.4) is 0 Å². The van der Waals surface area contributed by atoms with Crippen LogP contribution in [0.5, 0.6) is 0 Å². The zero-order valence-electron chi connectivity index (χ0n) is 11.2. The molecule has 1 heterocycles. The van der Waals surface area contributed by atoms with Crippen LogP contribution in [0.25, 0.3) is 10.9 Å². The first-order chi connectivity index (χ1) is 8.74. The van der Waals surface area contributed by atoms with Crippen molar-refractivity contribution in [3.63, 3.8) is 0 Å². The topological polar surface area (TPSA) is 37.2 Å². The maximum atomic E-state index is 9.13. The molecule has 0 amide bonds. The lowest BCUT2D eigenvalue weighted by Gasteiger charge is -2.11. The van der Waals surface area contributed by atoms with Crippen molar-refractivity contribution >= 4 is 10.9 Å². The van der Waals surface area contributed by atoms with E-state index in [1.807, 2.05) is 0 Å². The third kappa shape index (κ3) is 2.92. The predicted molar refractivity (Wildman–Crippen MR) is 75.6 cm³/mol. The summed E-state index contributed by atoms with van der Waals surface area (Å²) in [6, 6.07) is 8.73. The van der Waals surface area contributed by atoms with Crippen LogP contribution in [0.1, 0.15) is 19.4 Å². The number of fused-ring (bicyclic) bond motifs is 1. The van der Waals surface area contributed by atoms with Crippen LogP contribution < -0.4 is 5.32 Å². The van der Waals surface area contributed by atoms with Gasteiger partial charge in [0, 0.05) is 31.4 Å². The summed E-state index contributed by atoms with van der Waals surface area (Å²) < 4.78 is 2.22. The van der Waals surface area contributed by atoms with E-state index < -0.39 is 0 Å². The van der Waals surface area contributed by atoms with Gasteiger partial charge in [0.1, 0.15) is 0 Å². The Morgan fingerprint density at radius 3 is 2.89 bits per heavy atom. The summed E-state index contributed by atoms with van der Waals surface area (Å²) in [4.78, 5) is 0. The van der Waals surface area contributed by atoms with Crippen LogP contribution in [0.4, 0.5) is 0 Å². The summed E-state index contributed by atoms with van der Waals surface area (Å²) in [5.41, 5.74) is 2.56. The highest BCUT2D eigenvalue weighted by Gasteiger charge is 2.05. The Bertz CT molecular complexity index is 504. The van der Waals surface area contributed by atoms with Crippen LogP contribution in [0, 0.1) is 5.92 Å². The SMILES string of the molecule is CCNCc1ccc2c(ccn2CC(C)CO)c1. The molecule has 0 bridgehead atoms. The Morgan fingerprint density at radius 2 is 2.17 bits per heavy atom. The van der Waals surface area contributed by atoms with Crippen LogP contribution in [-0.4, -0.2) is 22.8 Å². The minimum atomic E-state index is 0.234. The average Bonchev–Trinajstić information content (AvgIpc) is 2.78. The number of nitrogens with zero attached hydrogens (tertiary/aromatic N) is 1. The van der Waals surface area contributed by atoms with E-state index >= 15 is 0 Å². The first-order valence-corrected chi connectivity index (χ1v) is 6.64. The van der Waals surface area contributed by atoms with E-state index in [-0.39, 0.29) is 6.61 Å². The fraction of sp³-hybridized carbons (Fsp3) is 0.467. The van der Waals surface area contributed by atoms with E-state index in [0.29, 0.717) is 5.92 Å². The molecule has 1 unspecified atom stereocenters. The number of nitrogens with one attached hydrogen (secondary N) is 1. The van der Waals surface area contributed by atoms with E-state index in [1.54, 1.807) is 0 Å². The average molecular weight is 246 g/mol. The fourth-order valence-corrected chi connectivity index (χ4v) is 2.18. The molecule has 2 aromatic rings. The minimum absolute atomic E-state index is 0.234. The second kappa shape index (κ2) is 6.03. The summed E-state index contributed by atoms with van der Waals surface area (Å²) >= 11 is 0. The van der Waals surface area contributed by atoms with Crippen molar-refractivity contribution in [1.29, 1.82) is 0 Å². The zero-order chi connectivity index (χ0) is 13.0. The first-order valence-electron chi connectivity index (χ1n) is 6.64. The number of aliphatic hydroxyl groups is 1. The summed E-state index contributed by atoms with van der Waals surface area (Å²) in [5.74, 6) is 0.294. The maximum Gasteiger partial charge on any atom is 0.0480 e. The largest absolute Gasteiger partial charge is 0.396 e. The molecule has 18 heavy (non-hydrogen) atoms. The summed E-state index contributed by atoms with van der Waals surface area (Å²) in [6.07, 6.45) is 2.11. The number of aliphatic hydroxyl groups excluding tert-OH is 1. The molecule has 0 saturated carbocycles. The molecular weight excluding hydrogens is 224 g/mol. The van der Waals surface area contributed by atoms with E-state index in [2.05, 4.69) is 54.2 Å². The van der Waals surface area contributed by atoms with Crippen molar-refractivity contribution in [3.05, 3.63) is 36.0 Å². The van der Waals surface area contributed by atoms with Gasteiger partial charge in [0.2, 0.25) is 0 Å². The first kappa shape index (κ1) is 13.1. The van der Waals surface area contributed by atoms with Gasteiger partial charge in [0.05, 0.1) is 0 Å². The molecule has 0 radical (unpaired) electrons. The molecule has 3 heteroatoms. The summed E-state index contributed by atoms with van der Waals surface area (Å²) in [5, 5.41) is 13.7. The van der Waals surface area contributed by atoms with Crippen molar-refractivity contribution in [3.8, 4) is 0 Å². The smallest absolute Gasteiger partial charge is 0.0480 e. The van der Waals surface area contributed by atoms with E-state index in [4.69, 9.17) is 5.11 Å². The zero-order valence-corrected chi connectivity index (χ0v) is 11.2. The van der Waals surface area contributed by atoms with Crippen LogP contribution in [0.2, 0.25) is 0 Å². The number of rotatable bonds is 6. The predicted octanol–water partition coefficient (Wildman–Crippen LogP) is 2.38. The molecular formula is C15H22N2O. The fourth-order valence-electron chi connectivity index (χ4n) is 2.18. The quantitative estimate of drug-likeness (QED) is 0.821. The molecule has 3 nitrogen and oxygen atoms in total. The molecule has 1 atom stereocenters. The lowest BCUT2D eigenvalue weighted by atomic mass is 10.1. The number of hydrogen-bond donors (Lipinski definition) is 2. The third-order valence-electron chi connectivity index (χ3n) is 3.23. The van der Waals surface area contributed by atoms with Gasteiger partial charge in [-0.3, -0.25) is 0 Å². The molecule has 0 aliphatic carbocycles. The Labute approximate surface area is 108 Å². The van der Waals surface area contributed by atoms with Crippen LogP contribution >= 0.6 is 0 Å². The van der Waals surface area contributed by atoms with Crippen molar-refractivity contribution in [2.24, 2.45) is 5.92 Å². The van der Waals surface area contributed by atoms with Crippen molar-refractivity contribution < 1.29 is 5.11 Å². The minimum Gasteiger partial charge on any atom is -0.396 e.